The van der Waals surface area contributed by atoms with Gasteiger partial charge in [0.05, 0.1) is 27.7 Å². The fraction of sp³-hybridized carbons (Fsp3) is 0.759. The quantitative estimate of drug-likeness (QED) is 0.0211. The van der Waals surface area contributed by atoms with Gasteiger partial charge in [0.15, 0.2) is 6.10 Å². The first-order chi connectivity index (χ1) is 33.0. The number of phosphoric acid groups is 1. The molecule has 0 saturated heterocycles. The molecule has 10 heteroatoms. The summed E-state index contributed by atoms with van der Waals surface area (Å²) in [5.74, 6) is -0.808. The average molecular weight is 975 g/mol. The molecule has 0 fully saturated rings. The van der Waals surface area contributed by atoms with Crippen LogP contribution in [0.5, 0.6) is 0 Å². The van der Waals surface area contributed by atoms with Gasteiger partial charge in [0.25, 0.3) is 0 Å². The van der Waals surface area contributed by atoms with Crippen molar-refractivity contribution in [3.63, 3.8) is 0 Å². The van der Waals surface area contributed by atoms with E-state index in [4.69, 9.17) is 18.5 Å². The highest BCUT2D eigenvalue weighted by molar-refractivity contribution is 7.47. The third-order valence-corrected chi connectivity index (χ3v) is 12.7. The summed E-state index contributed by atoms with van der Waals surface area (Å²) in [6, 6.07) is 0. The monoisotopic (exact) mass is 975 g/mol. The van der Waals surface area contributed by atoms with Crippen molar-refractivity contribution in [2.24, 2.45) is 0 Å². The Morgan fingerprint density at radius 1 is 0.471 bits per heavy atom. The molecule has 2 unspecified atom stereocenters. The predicted octanol–water partition coefficient (Wildman–Crippen LogP) is 16.9. The molecule has 0 aromatic carbocycles. The van der Waals surface area contributed by atoms with E-state index in [-0.39, 0.29) is 32.0 Å². The molecule has 0 aliphatic carbocycles. The Labute approximate surface area is 418 Å². The van der Waals surface area contributed by atoms with Gasteiger partial charge < -0.3 is 18.9 Å². The molecule has 0 rings (SSSR count). The molecule has 0 aromatic heterocycles. The second-order valence-corrected chi connectivity index (χ2v) is 21.0. The maximum atomic E-state index is 12.8. The molecule has 0 spiro atoms. The van der Waals surface area contributed by atoms with Gasteiger partial charge >= 0.3 is 19.8 Å². The SMILES string of the molecule is CC/C=C\C/C=C\C/C=C\C/C=C\CCCCCCCCCCC(=O)OC(COC(=O)CCCCCCCCCCCCC/C=C\C/C=C\CCCCCCC)COP(=O)(O)OCC[N+](C)(C)C. The molecule has 2 atom stereocenters. The highest BCUT2D eigenvalue weighted by atomic mass is 31.2. The van der Waals surface area contributed by atoms with Crippen LogP contribution in [0.15, 0.2) is 72.9 Å². The van der Waals surface area contributed by atoms with Crippen LogP contribution in [0.4, 0.5) is 0 Å². The van der Waals surface area contributed by atoms with Crippen LogP contribution < -0.4 is 0 Å². The molecular formula is C58H105NO8P+. The van der Waals surface area contributed by atoms with Gasteiger partial charge in [-0.1, -0.05) is 209 Å². The fourth-order valence-electron chi connectivity index (χ4n) is 7.45. The Balaban J connectivity index is 4.22. The third kappa shape index (κ3) is 52.8. The molecule has 0 saturated carbocycles. The van der Waals surface area contributed by atoms with E-state index >= 15 is 0 Å². The molecule has 0 aromatic rings. The van der Waals surface area contributed by atoms with Crippen molar-refractivity contribution in [2.45, 2.75) is 238 Å². The van der Waals surface area contributed by atoms with Gasteiger partial charge in [0, 0.05) is 12.8 Å². The number of likely N-dealkylation sites (N-methyl/N-ethyl adjacent to an activating group) is 1. The number of carbonyl (C=O) groups is 2. The van der Waals surface area contributed by atoms with E-state index in [1.807, 2.05) is 21.1 Å². The number of unbranched alkanes of at least 4 members (excludes halogenated alkanes) is 24. The zero-order valence-corrected chi connectivity index (χ0v) is 45.5. The van der Waals surface area contributed by atoms with Crippen LogP contribution in [0.25, 0.3) is 0 Å². The third-order valence-electron chi connectivity index (χ3n) is 11.7. The van der Waals surface area contributed by atoms with E-state index in [0.717, 1.165) is 77.0 Å². The summed E-state index contributed by atoms with van der Waals surface area (Å²) in [6.07, 6.45) is 63.8. The van der Waals surface area contributed by atoms with Crippen LogP contribution in [0.3, 0.4) is 0 Å². The number of quaternary nitrogens is 1. The summed E-state index contributed by atoms with van der Waals surface area (Å²) in [4.78, 5) is 35.6. The standard InChI is InChI=1S/C58H104NO8P/c1-6-8-10-12-14-16-18-20-22-24-26-28-29-31-32-34-36-38-40-42-44-46-48-50-57(60)64-54-56(55-66-68(62,63)65-53-52-59(3,4)5)67-58(61)51-49-47-45-43-41-39-37-35-33-30-27-25-23-21-19-17-15-13-11-9-7-2/h9,11,15,17-18,20-21,23-24,26-27,30,56H,6-8,10,12-14,16,19,22,25,28-29,31-55H2,1-5H3/p+1/b11-9-,17-15-,20-18-,23-21-,26-24-,30-27-. The van der Waals surface area contributed by atoms with Gasteiger partial charge in [0.1, 0.15) is 19.8 Å². The Bertz CT molecular complexity index is 1380. The van der Waals surface area contributed by atoms with E-state index in [2.05, 4.69) is 86.8 Å². The maximum absolute atomic E-state index is 12.8. The van der Waals surface area contributed by atoms with Gasteiger partial charge in [-0.05, 0) is 83.5 Å². The molecule has 0 heterocycles. The number of nitrogens with zero attached hydrogens (tertiary/aromatic N) is 1. The van der Waals surface area contributed by atoms with Crippen LogP contribution in [0.1, 0.15) is 232 Å². The smallest absolute Gasteiger partial charge is 0.462 e. The van der Waals surface area contributed by atoms with Crippen molar-refractivity contribution in [1.29, 1.82) is 0 Å². The molecule has 0 aliphatic heterocycles. The molecule has 0 radical (unpaired) electrons. The summed E-state index contributed by atoms with van der Waals surface area (Å²) in [5.41, 5.74) is 0. The van der Waals surface area contributed by atoms with Crippen molar-refractivity contribution in [3.05, 3.63) is 72.9 Å². The van der Waals surface area contributed by atoms with Crippen molar-refractivity contribution in [2.75, 3.05) is 47.5 Å². The second kappa shape index (κ2) is 49.4. The first-order valence-corrected chi connectivity index (χ1v) is 29.2. The molecule has 1 N–H and O–H groups in total. The van der Waals surface area contributed by atoms with Crippen molar-refractivity contribution in [3.8, 4) is 0 Å². The minimum atomic E-state index is -4.39. The minimum Gasteiger partial charge on any atom is -0.462 e. The number of hydrogen-bond acceptors (Lipinski definition) is 7. The van der Waals surface area contributed by atoms with E-state index < -0.39 is 26.5 Å². The van der Waals surface area contributed by atoms with Gasteiger partial charge in [0.2, 0.25) is 0 Å². The summed E-state index contributed by atoms with van der Waals surface area (Å²) in [7, 11) is 1.46. The molecule has 0 bridgehead atoms. The van der Waals surface area contributed by atoms with Crippen LogP contribution in [0, 0.1) is 0 Å². The maximum Gasteiger partial charge on any atom is 0.472 e. The Kier molecular flexibility index (Phi) is 47.6. The van der Waals surface area contributed by atoms with Gasteiger partial charge in [-0.3, -0.25) is 18.6 Å². The summed E-state index contributed by atoms with van der Waals surface area (Å²) < 4.78 is 34.5. The Hall–Kier alpha value is -2.55. The Morgan fingerprint density at radius 2 is 0.838 bits per heavy atom. The summed E-state index contributed by atoms with van der Waals surface area (Å²) in [6.45, 7) is 4.31. The van der Waals surface area contributed by atoms with E-state index in [1.165, 1.54) is 122 Å². The lowest BCUT2D eigenvalue weighted by molar-refractivity contribution is -0.870. The zero-order chi connectivity index (χ0) is 49.9. The topological polar surface area (TPSA) is 108 Å². The number of rotatable bonds is 50. The van der Waals surface area contributed by atoms with Crippen molar-refractivity contribution >= 4 is 19.8 Å². The van der Waals surface area contributed by atoms with Crippen LogP contribution in [0.2, 0.25) is 0 Å². The molecular weight excluding hydrogens is 870 g/mol. The molecule has 0 amide bonds. The van der Waals surface area contributed by atoms with Crippen molar-refractivity contribution in [1.82, 2.24) is 0 Å². The highest BCUT2D eigenvalue weighted by Gasteiger charge is 2.27. The fourth-order valence-corrected chi connectivity index (χ4v) is 8.19. The minimum absolute atomic E-state index is 0.0268. The van der Waals surface area contributed by atoms with Gasteiger partial charge in [-0.15, -0.1) is 0 Å². The number of phosphoric ester groups is 1. The number of carbonyl (C=O) groups excluding carboxylic acids is 2. The van der Waals surface area contributed by atoms with Crippen LogP contribution in [-0.4, -0.2) is 74.9 Å². The first kappa shape index (κ1) is 65.5. The normalized spacial score (nSPS) is 13.9. The molecule has 68 heavy (non-hydrogen) atoms. The van der Waals surface area contributed by atoms with Gasteiger partial charge in [-0.25, -0.2) is 4.57 Å². The van der Waals surface area contributed by atoms with E-state index in [1.54, 1.807) is 0 Å². The number of hydrogen-bond donors (Lipinski definition) is 1. The molecule has 9 nitrogen and oxygen atoms in total. The first-order valence-electron chi connectivity index (χ1n) is 27.7. The van der Waals surface area contributed by atoms with Crippen LogP contribution in [-0.2, 0) is 32.7 Å². The molecule has 0 aliphatic rings. The highest BCUT2D eigenvalue weighted by Crippen LogP contribution is 2.43. The lowest BCUT2D eigenvalue weighted by Crippen LogP contribution is -2.37. The van der Waals surface area contributed by atoms with Crippen molar-refractivity contribution < 1.29 is 42.1 Å². The zero-order valence-electron chi connectivity index (χ0n) is 44.6. The average Bonchev–Trinajstić information content (AvgIpc) is 3.30. The van der Waals surface area contributed by atoms with Crippen LogP contribution >= 0.6 is 7.82 Å². The second-order valence-electron chi connectivity index (χ2n) is 19.6. The summed E-state index contributed by atoms with van der Waals surface area (Å²) in [5, 5.41) is 0. The number of ether oxygens (including phenoxy) is 2. The van der Waals surface area contributed by atoms with E-state index in [9.17, 15) is 19.0 Å². The van der Waals surface area contributed by atoms with E-state index in [0.29, 0.717) is 17.4 Å². The number of esters is 2. The lowest BCUT2D eigenvalue weighted by atomic mass is 10.0. The summed E-state index contributed by atoms with van der Waals surface area (Å²) >= 11 is 0. The molecule has 394 valence electrons. The Morgan fingerprint density at radius 3 is 1.25 bits per heavy atom. The predicted molar refractivity (Wildman–Crippen MR) is 289 cm³/mol. The lowest BCUT2D eigenvalue weighted by Gasteiger charge is -2.24. The van der Waals surface area contributed by atoms with Gasteiger partial charge in [-0.2, -0.15) is 0 Å². The largest absolute Gasteiger partial charge is 0.472 e. The number of allylic oxidation sites excluding steroid dienone is 12.